The van der Waals surface area contributed by atoms with Crippen LogP contribution < -0.4 is 0 Å². The summed E-state index contributed by atoms with van der Waals surface area (Å²) in [6.07, 6.45) is 31.7. The third-order valence-electron chi connectivity index (χ3n) is 7.54. The van der Waals surface area contributed by atoms with E-state index in [2.05, 4.69) is 27.7 Å². The zero-order valence-electron chi connectivity index (χ0n) is 24.1. The van der Waals surface area contributed by atoms with E-state index in [4.69, 9.17) is 4.74 Å². The fourth-order valence-electron chi connectivity index (χ4n) is 4.96. The lowest BCUT2D eigenvalue weighted by Crippen LogP contribution is -2.20. The van der Waals surface area contributed by atoms with Crippen molar-refractivity contribution in [1.29, 1.82) is 0 Å². The fourth-order valence-corrected chi connectivity index (χ4v) is 4.96. The molecule has 0 aliphatic carbocycles. The summed E-state index contributed by atoms with van der Waals surface area (Å²) in [6, 6.07) is 0. The van der Waals surface area contributed by atoms with E-state index in [9.17, 15) is 4.79 Å². The van der Waals surface area contributed by atoms with Crippen molar-refractivity contribution in [3.63, 3.8) is 0 Å². The molecule has 2 nitrogen and oxygen atoms in total. The molecule has 0 aromatic carbocycles. The molecule has 0 aromatic rings. The number of carbonyl (C=O) groups is 1. The molecule has 0 saturated heterocycles. The molecule has 0 spiro atoms. The van der Waals surface area contributed by atoms with Crippen molar-refractivity contribution >= 4 is 5.97 Å². The van der Waals surface area contributed by atoms with Gasteiger partial charge in [0.15, 0.2) is 0 Å². The van der Waals surface area contributed by atoms with Gasteiger partial charge in [0.1, 0.15) is 0 Å². The monoisotopic (exact) mass is 480 g/mol. The van der Waals surface area contributed by atoms with E-state index in [1.165, 1.54) is 148 Å². The minimum absolute atomic E-state index is 0.0500. The second-order valence-corrected chi connectivity index (χ2v) is 11.1. The second-order valence-electron chi connectivity index (χ2n) is 11.1. The minimum atomic E-state index is 0.0500. The van der Waals surface area contributed by atoms with Crippen molar-refractivity contribution < 1.29 is 9.53 Å². The lowest BCUT2D eigenvalue weighted by molar-refractivity contribution is -0.149. The number of hydrogen-bond acceptors (Lipinski definition) is 2. The van der Waals surface area contributed by atoms with E-state index in [0.717, 1.165) is 6.42 Å². The number of ether oxygens (including phenoxy) is 1. The van der Waals surface area contributed by atoms with Crippen LogP contribution in [0.5, 0.6) is 0 Å². The van der Waals surface area contributed by atoms with Gasteiger partial charge in [-0.05, 0) is 25.2 Å². The van der Waals surface area contributed by atoms with E-state index in [1.807, 2.05) is 0 Å². The quantitative estimate of drug-likeness (QED) is 0.0862. The van der Waals surface area contributed by atoms with Gasteiger partial charge in [-0.25, -0.2) is 0 Å². The maximum atomic E-state index is 12.6. The van der Waals surface area contributed by atoms with Crippen molar-refractivity contribution in [2.24, 2.45) is 11.8 Å². The first-order valence-corrected chi connectivity index (χ1v) is 15.8. The first-order valence-electron chi connectivity index (χ1n) is 15.8. The van der Waals surface area contributed by atoms with E-state index in [0.29, 0.717) is 12.5 Å². The van der Waals surface area contributed by atoms with Crippen LogP contribution in [-0.2, 0) is 9.53 Å². The highest BCUT2D eigenvalue weighted by Crippen LogP contribution is 2.21. The first kappa shape index (κ1) is 33.5. The molecule has 0 saturated carbocycles. The molecule has 0 aliphatic rings. The Hall–Kier alpha value is -0.530. The Morgan fingerprint density at radius 1 is 0.500 bits per heavy atom. The van der Waals surface area contributed by atoms with Crippen LogP contribution in [0.3, 0.4) is 0 Å². The molecule has 0 amide bonds. The highest BCUT2D eigenvalue weighted by Gasteiger charge is 2.17. The third kappa shape index (κ3) is 23.2. The minimum Gasteiger partial charge on any atom is -0.465 e. The summed E-state index contributed by atoms with van der Waals surface area (Å²) >= 11 is 0. The maximum Gasteiger partial charge on any atom is 0.308 e. The normalized spacial score (nSPS) is 13.2. The topological polar surface area (TPSA) is 26.3 Å². The third-order valence-corrected chi connectivity index (χ3v) is 7.54. The lowest BCUT2D eigenvalue weighted by atomic mass is 9.94. The summed E-state index contributed by atoms with van der Waals surface area (Å²) in [5, 5.41) is 0. The molecule has 0 rings (SSSR count). The first-order chi connectivity index (χ1) is 16.7. The molecule has 0 aromatic heterocycles. The van der Waals surface area contributed by atoms with Crippen molar-refractivity contribution in [3.05, 3.63) is 0 Å². The number of rotatable bonds is 27. The molecule has 0 heterocycles. The van der Waals surface area contributed by atoms with Gasteiger partial charge in [-0.3, -0.25) is 4.79 Å². The van der Waals surface area contributed by atoms with Crippen molar-refractivity contribution in [2.45, 2.75) is 182 Å². The van der Waals surface area contributed by atoms with E-state index in [-0.39, 0.29) is 11.9 Å². The van der Waals surface area contributed by atoms with Gasteiger partial charge in [-0.15, -0.1) is 0 Å². The van der Waals surface area contributed by atoms with Crippen molar-refractivity contribution in [3.8, 4) is 0 Å². The molecule has 0 bridgehead atoms. The lowest BCUT2D eigenvalue weighted by Gasteiger charge is -2.19. The van der Waals surface area contributed by atoms with Gasteiger partial charge in [0.2, 0.25) is 0 Å². The van der Waals surface area contributed by atoms with Crippen LogP contribution in [0.15, 0.2) is 0 Å². The smallest absolute Gasteiger partial charge is 0.308 e. The number of esters is 1. The predicted octanol–water partition coefficient (Wildman–Crippen LogP) is 11.2. The van der Waals surface area contributed by atoms with E-state index < -0.39 is 0 Å². The summed E-state index contributed by atoms with van der Waals surface area (Å²) < 4.78 is 5.84. The van der Waals surface area contributed by atoms with Crippen LogP contribution in [0.2, 0.25) is 0 Å². The molecule has 204 valence electrons. The SMILES string of the molecule is CCCCCCCCCCCC(C)C(=O)OCC(CCCCCC)CCCCCCCCCC. The van der Waals surface area contributed by atoms with E-state index in [1.54, 1.807) is 0 Å². The van der Waals surface area contributed by atoms with Gasteiger partial charge in [-0.1, -0.05) is 163 Å². The molecule has 34 heavy (non-hydrogen) atoms. The Balaban J connectivity index is 3.99. The molecule has 2 atom stereocenters. The molecule has 0 fully saturated rings. The van der Waals surface area contributed by atoms with Gasteiger partial charge in [0.25, 0.3) is 0 Å². The molecular formula is C32H64O2. The molecular weight excluding hydrogens is 416 g/mol. The van der Waals surface area contributed by atoms with E-state index >= 15 is 0 Å². The standard InChI is InChI=1S/C32H64O2/c1-5-8-11-14-16-18-19-21-23-26-30(4)32(33)34-29-31(27-24-13-10-7-3)28-25-22-20-17-15-12-9-6-2/h30-31H,5-29H2,1-4H3. The van der Waals surface area contributed by atoms with Crippen molar-refractivity contribution in [2.75, 3.05) is 6.61 Å². The van der Waals surface area contributed by atoms with Crippen LogP contribution >= 0.6 is 0 Å². The van der Waals surface area contributed by atoms with Gasteiger partial charge < -0.3 is 4.74 Å². The van der Waals surface area contributed by atoms with Crippen LogP contribution in [0.1, 0.15) is 182 Å². The molecule has 0 aliphatic heterocycles. The van der Waals surface area contributed by atoms with Gasteiger partial charge in [-0.2, -0.15) is 0 Å². The summed E-state index contributed by atoms with van der Waals surface area (Å²) in [6.45, 7) is 9.56. The summed E-state index contributed by atoms with van der Waals surface area (Å²) in [5.41, 5.74) is 0. The molecule has 0 radical (unpaired) electrons. The summed E-state index contributed by atoms with van der Waals surface area (Å²) in [7, 11) is 0. The average Bonchev–Trinajstić information content (AvgIpc) is 2.84. The number of unbranched alkanes of at least 4 members (excludes halogenated alkanes) is 18. The largest absolute Gasteiger partial charge is 0.465 e. The Morgan fingerprint density at radius 2 is 0.824 bits per heavy atom. The zero-order valence-corrected chi connectivity index (χ0v) is 24.1. The van der Waals surface area contributed by atoms with Crippen LogP contribution in [0.25, 0.3) is 0 Å². The number of hydrogen-bond donors (Lipinski definition) is 0. The Labute approximate surface area is 215 Å². The highest BCUT2D eigenvalue weighted by molar-refractivity contribution is 5.71. The van der Waals surface area contributed by atoms with Crippen molar-refractivity contribution in [1.82, 2.24) is 0 Å². The molecule has 2 unspecified atom stereocenters. The van der Waals surface area contributed by atoms with Crippen LogP contribution in [0.4, 0.5) is 0 Å². The van der Waals surface area contributed by atoms with Gasteiger partial charge in [0.05, 0.1) is 12.5 Å². The Bertz CT molecular complexity index is 406. The molecule has 0 N–H and O–H groups in total. The summed E-state index contributed by atoms with van der Waals surface area (Å²) in [5.74, 6) is 0.684. The maximum absolute atomic E-state index is 12.6. The number of carbonyl (C=O) groups excluding carboxylic acids is 1. The van der Waals surface area contributed by atoms with Crippen LogP contribution in [0, 0.1) is 11.8 Å². The Morgan fingerprint density at radius 3 is 1.24 bits per heavy atom. The molecule has 2 heteroatoms. The zero-order chi connectivity index (χ0) is 25.1. The average molecular weight is 481 g/mol. The van der Waals surface area contributed by atoms with Crippen LogP contribution in [-0.4, -0.2) is 12.6 Å². The highest BCUT2D eigenvalue weighted by atomic mass is 16.5. The summed E-state index contributed by atoms with van der Waals surface area (Å²) in [4.78, 5) is 12.6. The van der Waals surface area contributed by atoms with Gasteiger partial charge in [0, 0.05) is 0 Å². The predicted molar refractivity (Wildman–Crippen MR) is 151 cm³/mol. The fraction of sp³-hybridized carbons (Fsp3) is 0.969. The van der Waals surface area contributed by atoms with Gasteiger partial charge >= 0.3 is 5.97 Å². The second kappa shape index (κ2) is 27.1. The Kier molecular flexibility index (Phi) is 26.6.